The number of nitrogens with zero attached hydrogens (tertiary/aromatic N) is 3. The molecule has 1 aromatic heterocycles. The summed E-state index contributed by atoms with van der Waals surface area (Å²) in [7, 11) is 1.65. The smallest absolute Gasteiger partial charge is 0.234 e. The van der Waals surface area contributed by atoms with Gasteiger partial charge in [-0.05, 0) is 25.5 Å². The molecule has 1 fully saturated rings. The van der Waals surface area contributed by atoms with Gasteiger partial charge in [-0.15, -0.1) is 0 Å². The van der Waals surface area contributed by atoms with E-state index in [9.17, 15) is 4.79 Å². The van der Waals surface area contributed by atoms with Gasteiger partial charge in [-0.2, -0.15) is 0 Å². The summed E-state index contributed by atoms with van der Waals surface area (Å²) in [5.41, 5.74) is 1.05. The second-order valence-corrected chi connectivity index (χ2v) is 6.12. The molecule has 0 unspecified atom stereocenters. The summed E-state index contributed by atoms with van der Waals surface area (Å²) in [4.78, 5) is 20.9. The molecule has 6 nitrogen and oxygen atoms in total. The minimum absolute atomic E-state index is 0.129. The number of piperazine rings is 1. The average Bonchev–Trinajstić information content (AvgIpc) is 2.57. The Hall–Kier alpha value is -1.66. The zero-order valence-electron chi connectivity index (χ0n) is 14.4. The second kappa shape index (κ2) is 8.84. The van der Waals surface area contributed by atoms with E-state index in [1.54, 1.807) is 13.3 Å². The van der Waals surface area contributed by atoms with E-state index in [4.69, 9.17) is 4.74 Å². The highest BCUT2D eigenvalue weighted by Crippen LogP contribution is 2.11. The van der Waals surface area contributed by atoms with Gasteiger partial charge >= 0.3 is 0 Å². The van der Waals surface area contributed by atoms with Crippen LogP contribution in [0.4, 0.5) is 0 Å². The number of pyridine rings is 1. The Morgan fingerprint density at radius 1 is 1.30 bits per heavy atom. The number of methoxy groups -OCH3 is 1. The first-order valence-electron chi connectivity index (χ1n) is 8.33. The summed E-state index contributed by atoms with van der Waals surface area (Å²) in [6, 6.07) is 4.20. The third kappa shape index (κ3) is 5.80. The van der Waals surface area contributed by atoms with Gasteiger partial charge in [0.25, 0.3) is 0 Å². The fourth-order valence-electron chi connectivity index (χ4n) is 2.59. The zero-order valence-corrected chi connectivity index (χ0v) is 14.4. The SMILES string of the molecule is CC[C@@H](C)NC(=O)CN1CCN(Cc2ccc(OC)cn2)CC1. The van der Waals surface area contributed by atoms with Crippen LogP contribution in [0.15, 0.2) is 18.3 Å². The number of amides is 1. The molecule has 1 aliphatic heterocycles. The van der Waals surface area contributed by atoms with E-state index in [1.807, 2.05) is 19.1 Å². The normalized spacial score (nSPS) is 17.7. The molecule has 0 saturated carbocycles. The molecule has 0 bridgehead atoms. The number of ether oxygens (including phenoxy) is 1. The van der Waals surface area contributed by atoms with Crippen LogP contribution >= 0.6 is 0 Å². The van der Waals surface area contributed by atoms with Crippen LogP contribution in [0.25, 0.3) is 0 Å². The minimum atomic E-state index is 0.129. The van der Waals surface area contributed by atoms with Gasteiger partial charge in [0, 0.05) is 38.8 Å². The molecule has 2 rings (SSSR count). The van der Waals surface area contributed by atoms with Gasteiger partial charge in [-0.1, -0.05) is 6.92 Å². The molecule has 0 aliphatic carbocycles. The summed E-state index contributed by atoms with van der Waals surface area (Å²) in [5.74, 6) is 0.913. The monoisotopic (exact) mass is 320 g/mol. The fraction of sp³-hybridized carbons (Fsp3) is 0.647. The van der Waals surface area contributed by atoms with E-state index in [0.29, 0.717) is 6.54 Å². The number of rotatable bonds is 7. The van der Waals surface area contributed by atoms with Crippen LogP contribution in [0.5, 0.6) is 5.75 Å². The molecule has 0 spiro atoms. The molecule has 2 heterocycles. The first-order valence-corrected chi connectivity index (χ1v) is 8.33. The molecule has 1 aliphatic rings. The molecule has 1 saturated heterocycles. The second-order valence-electron chi connectivity index (χ2n) is 6.12. The van der Waals surface area contributed by atoms with Crippen molar-refractivity contribution in [2.75, 3.05) is 39.8 Å². The Balaban J connectivity index is 1.72. The van der Waals surface area contributed by atoms with Crippen LogP contribution in [0, 0.1) is 0 Å². The van der Waals surface area contributed by atoms with Crippen LogP contribution in [0.1, 0.15) is 26.0 Å². The van der Waals surface area contributed by atoms with Crippen molar-refractivity contribution in [3.63, 3.8) is 0 Å². The van der Waals surface area contributed by atoms with Crippen molar-refractivity contribution >= 4 is 5.91 Å². The maximum absolute atomic E-state index is 11.9. The Morgan fingerprint density at radius 2 is 2.00 bits per heavy atom. The van der Waals surface area contributed by atoms with Crippen LogP contribution in [0.2, 0.25) is 0 Å². The molecular formula is C17H28N4O2. The van der Waals surface area contributed by atoms with E-state index >= 15 is 0 Å². The van der Waals surface area contributed by atoms with E-state index in [2.05, 4.69) is 27.0 Å². The van der Waals surface area contributed by atoms with Gasteiger partial charge in [0.05, 0.1) is 25.5 Å². The number of aromatic nitrogens is 1. The largest absolute Gasteiger partial charge is 0.495 e. The summed E-state index contributed by atoms with van der Waals surface area (Å²) in [6.07, 6.45) is 2.72. The molecule has 6 heteroatoms. The molecule has 23 heavy (non-hydrogen) atoms. The first-order chi connectivity index (χ1) is 11.1. The average molecular weight is 320 g/mol. The summed E-state index contributed by atoms with van der Waals surface area (Å²) < 4.78 is 5.12. The lowest BCUT2D eigenvalue weighted by Crippen LogP contribution is -2.49. The van der Waals surface area contributed by atoms with Crippen LogP contribution in [-0.4, -0.2) is 66.6 Å². The lowest BCUT2D eigenvalue weighted by molar-refractivity contribution is -0.123. The van der Waals surface area contributed by atoms with Gasteiger partial charge in [0.1, 0.15) is 5.75 Å². The van der Waals surface area contributed by atoms with Gasteiger partial charge in [0.15, 0.2) is 0 Å². The van der Waals surface area contributed by atoms with Gasteiger partial charge in [-0.25, -0.2) is 0 Å². The number of hydrogen-bond acceptors (Lipinski definition) is 5. The molecule has 0 radical (unpaired) electrons. The van der Waals surface area contributed by atoms with Crippen molar-refractivity contribution in [2.24, 2.45) is 0 Å². The molecule has 1 amide bonds. The molecule has 1 aromatic rings. The standard InChI is InChI=1S/C17H28N4O2/c1-4-14(2)19-17(22)13-21-9-7-20(8-10-21)12-15-5-6-16(23-3)11-18-15/h5-6,11,14H,4,7-10,12-13H2,1-3H3,(H,19,22)/t14-/m1/s1. The maximum Gasteiger partial charge on any atom is 0.234 e. The Morgan fingerprint density at radius 3 is 2.57 bits per heavy atom. The number of carbonyl (C=O) groups excluding carboxylic acids is 1. The van der Waals surface area contributed by atoms with E-state index in [-0.39, 0.29) is 11.9 Å². The Bertz CT molecular complexity index is 484. The van der Waals surface area contributed by atoms with E-state index < -0.39 is 0 Å². The van der Waals surface area contributed by atoms with Crippen molar-refractivity contribution in [3.05, 3.63) is 24.0 Å². The van der Waals surface area contributed by atoms with Gasteiger partial charge in [0.2, 0.25) is 5.91 Å². The van der Waals surface area contributed by atoms with Crippen LogP contribution in [0.3, 0.4) is 0 Å². The van der Waals surface area contributed by atoms with Crippen molar-refractivity contribution in [1.29, 1.82) is 0 Å². The highest BCUT2D eigenvalue weighted by atomic mass is 16.5. The summed E-state index contributed by atoms with van der Waals surface area (Å²) in [6.45, 7) is 9.23. The van der Waals surface area contributed by atoms with Crippen molar-refractivity contribution in [1.82, 2.24) is 20.1 Å². The lowest BCUT2D eigenvalue weighted by Gasteiger charge is -2.34. The fourth-order valence-corrected chi connectivity index (χ4v) is 2.59. The summed E-state index contributed by atoms with van der Waals surface area (Å²) >= 11 is 0. The van der Waals surface area contributed by atoms with Gasteiger partial charge < -0.3 is 10.1 Å². The zero-order chi connectivity index (χ0) is 16.7. The van der Waals surface area contributed by atoms with Crippen molar-refractivity contribution < 1.29 is 9.53 Å². The third-order valence-electron chi connectivity index (χ3n) is 4.27. The topological polar surface area (TPSA) is 57.7 Å². The van der Waals surface area contributed by atoms with E-state index in [1.165, 1.54) is 0 Å². The summed E-state index contributed by atoms with van der Waals surface area (Å²) in [5, 5.41) is 3.02. The molecule has 1 N–H and O–H groups in total. The van der Waals surface area contributed by atoms with Crippen molar-refractivity contribution in [2.45, 2.75) is 32.9 Å². The number of hydrogen-bond donors (Lipinski definition) is 1. The van der Waals surface area contributed by atoms with E-state index in [0.717, 1.165) is 50.6 Å². The first kappa shape index (κ1) is 17.7. The highest BCUT2D eigenvalue weighted by Gasteiger charge is 2.19. The van der Waals surface area contributed by atoms with Crippen LogP contribution in [-0.2, 0) is 11.3 Å². The molecule has 0 aromatic carbocycles. The third-order valence-corrected chi connectivity index (χ3v) is 4.27. The lowest BCUT2D eigenvalue weighted by atomic mass is 10.2. The Labute approximate surface area is 138 Å². The minimum Gasteiger partial charge on any atom is -0.495 e. The van der Waals surface area contributed by atoms with Crippen LogP contribution < -0.4 is 10.1 Å². The molecule has 1 atom stereocenters. The van der Waals surface area contributed by atoms with Crippen molar-refractivity contribution in [3.8, 4) is 5.75 Å². The highest BCUT2D eigenvalue weighted by molar-refractivity contribution is 5.78. The predicted octanol–water partition coefficient (Wildman–Crippen LogP) is 1.12. The quantitative estimate of drug-likeness (QED) is 0.816. The van der Waals surface area contributed by atoms with Gasteiger partial charge in [-0.3, -0.25) is 19.6 Å². The maximum atomic E-state index is 11.9. The Kier molecular flexibility index (Phi) is 6.80. The predicted molar refractivity (Wildman–Crippen MR) is 90.4 cm³/mol. The number of nitrogens with one attached hydrogen (secondary N) is 1. The number of carbonyl (C=O) groups is 1. The molecule has 128 valence electrons. The molecular weight excluding hydrogens is 292 g/mol.